The molecule has 0 radical (unpaired) electrons. The fourth-order valence-corrected chi connectivity index (χ4v) is 4.47. The fourth-order valence-electron chi connectivity index (χ4n) is 4.47. The van der Waals surface area contributed by atoms with Gasteiger partial charge in [-0.25, -0.2) is 0 Å². The van der Waals surface area contributed by atoms with Crippen molar-refractivity contribution in [1.29, 1.82) is 0 Å². The summed E-state index contributed by atoms with van der Waals surface area (Å²) in [6, 6.07) is 0.784. The molecule has 2 atom stereocenters. The molecule has 0 amide bonds. The summed E-state index contributed by atoms with van der Waals surface area (Å²) in [6.07, 6.45) is 8.81. The zero-order chi connectivity index (χ0) is 13.2. The van der Waals surface area contributed by atoms with Gasteiger partial charge in [-0.1, -0.05) is 12.8 Å². The molecule has 0 N–H and O–H groups in total. The van der Waals surface area contributed by atoms with Crippen molar-refractivity contribution in [3.63, 3.8) is 0 Å². The Kier molecular flexibility index (Phi) is 4.23. The lowest BCUT2D eigenvalue weighted by Crippen LogP contribution is -2.53. The van der Waals surface area contributed by atoms with Crippen LogP contribution >= 0.6 is 0 Å². The van der Waals surface area contributed by atoms with Crippen molar-refractivity contribution in [1.82, 2.24) is 9.80 Å². The van der Waals surface area contributed by atoms with Crippen LogP contribution in [0.3, 0.4) is 0 Å². The number of hydrogen-bond donors (Lipinski definition) is 0. The second-order valence-electron chi connectivity index (χ2n) is 6.92. The van der Waals surface area contributed by atoms with E-state index in [2.05, 4.69) is 16.8 Å². The van der Waals surface area contributed by atoms with E-state index in [4.69, 9.17) is 0 Å². The molecule has 3 nitrogen and oxygen atoms in total. The molecule has 0 aromatic rings. The summed E-state index contributed by atoms with van der Waals surface area (Å²) in [6.45, 7) is 4.29. The number of carbonyl (C=O) groups excluding carboxylic acids is 1. The van der Waals surface area contributed by atoms with Crippen LogP contribution in [0.25, 0.3) is 0 Å². The molecule has 0 aromatic heterocycles. The molecule has 2 heterocycles. The minimum Gasteiger partial charge on any atom is -0.303 e. The lowest BCUT2D eigenvalue weighted by Gasteiger charge is -2.46. The molecule has 2 aliphatic heterocycles. The molecular weight excluding hydrogens is 236 g/mol. The Bertz CT molecular complexity index is 325. The van der Waals surface area contributed by atoms with Gasteiger partial charge in [0, 0.05) is 25.0 Å². The van der Waals surface area contributed by atoms with Crippen molar-refractivity contribution >= 4 is 5.78 Å². The molecule has 3 fully saturated rings. The zero-order valence-corrected chi connectivity index (χ0v) is 12.3. The van der Waals surface area contributed by atoms with E-state index in [1.807, 2.05) is 0 Å². The van der Waals surface area contributed by atoms with Gasteiger partial charge < -0.3 is 4.90 Å². The molecule has 0 bridgehead atoms. The van der Waals surface area contributed by atoms with Crippen LogP contribution in [-0.4, -0.2) is 54.9 Å². The summed E-state index contributed by atoms with van der Waals surface area (Å²) in [7, 11) is 2.27. The van der Waals surface area contributed by atoms with Crippen molar-refractivity contribution in [2.24, 2.45) is 11.8 Å². The monoisotopic (exact) mass is 264 g/mol. The number of likely N-dealkylation sites (tertiary alicyclic amines) is 2. The van der Waals surface area contributed by atoms with Gasteiger partial charge in [-0.05, 0) is 51.6 Å². The third kappa shape index (κ3) is 3.03. The molecular formula is C16H28N2O. The minimum atomic E-state index is 0.395. The maximum absolute atomic E-state index is 12.3. The lowest BCUT2D eigenvalue weighted by molar-refractivity contribution is -0.124. The van der Waals surface area contributed by atoms with Crippen molar-refractivity contribution in [2.45, 2.75) is 51.0 Å². The summed E-state index contributed by atoms with van der Waals surface area (Å²) < 4.78 is 0. The van der Waals surface area contributed by atoms with Gasteiger partial charge in [0.05, 0.1) is 6.54 Å². The number of piperidine rings is 2. The predicted octanol–water partition coefficient (Wildman–Crippen LogP) is 2.16. The quantitative estimate of drug-likeness (QED) is 0.780. The first-order chi connectivity index (χ1) is 9.24. The van der Waals surface area contributed by atoms with Gasteiger partial charge in [-0.15, -0.1) is 0 Å². The van der Waals surface area contributed by atoms with Gasteiger partial charge in [-0.3, -0.25) is 9.69 Å². The van der Waals surface area contributed by atoms with Gasteiger partial charge in [0.1, 0.15) is 5.78 Å². The third-order valence-electron chi connectivity index (χ3n) is 5.62. The first kappa shape index (κ1) is 13.6. The highest BCUT2D eigenvalue weighted by Gasteiger charge is 2.35. The standard InChI is InChI=1S/C16H28N2O/c1-17-9-4-7-14-11-18(10-8-15(14)17)12-16(19)13-5-2-3-6-13/h13-15H,2-12H2,1H3. The van der Waals surface area contributed by atoms with E-state index in [0.717, 1.165) is 44.4 Å². The molecule has 3 rings (SSSR count). The number of carbonyl (C=O) groups is 1. The summed E-state index contributed by atoms with van der Waals surface area (Å²) in [4.78, 5) is 17.3. The Hall–Kier alpha value is -0.410. The molecule has 108 valence electrons. The summed E-state index contributed by atoms with van der Waals surface area (Å²) in [5.41, 5.74) is 0. The summed E-state index contributed by atoms with van der Waals surface area (Å²) >= 11 is 0. The number of fused-ring (bicyclic) bond motifs is 1. The van der Waals surface area contributed by atoms with Crippen LogP contribution in [0.1, 0.15) is 44.9 Å². The van der Waals surface area contributed by atoms with Gasteiger partial charge in [0.15, 0.2) is 0 Å². The minimum absolute atomic E-state index is 0.395. The largest absolute Gasteiger partial charge is 0.303 e. The third-order valence-corrected chi connectivity index (χ3v) is 5.62. The Morgan fingerprint density at radius 1 is 1.05 bits per heavy atom. The second kappa shape index (κ2) is 5.92. The fraction of sp³-hybridized carbons (Fsp3) is 0.938. The molecule has 3 heteroatoms. The van der Waals surface area contributed by atoms with Crippen LogP contribution in [0.5, 0.6) is 0 Å². The van der Waals surface area contributed by atoms with Gasteiger partial charge in [-0.2, -0.15) is 0 Å². The second-order valence-corrected chi connectivity index (χ2v) is 6.92. The van der Waals surface area contributed by atoms with Crippen LogP contribution < -0.4 is 0 Å². The van der Waals surface area contributed by atoms with Crippen LogP contribution in [0.2, 0.25) is 0 Å². The number of hydrogen-bond acceptors (Lipinski definition) is 3. The highest BCUT2D eigenvalue weighted by molar-refractivity contribution is 5.83. The number of nitrogens with zero attached hydrogens (tertiary/aromatic N) is 2. The molecule has 19 heavy (non-hydrogen) atoms. The maximum Gasteiger partial charge on any atom is 0.149 e. The molecule has 3 aliphatic rings. The van der Waals surface area contributed by atoms with Gasteiger partial charge in [0.25, 0.3) is 0 Å². The first-order valence-corrected chi connectivity index (χ1v) is 8.19. The Balaban J connectivity index is 1.51. The SMILES string of the molecule is CN1CCCC2CN(CC(=O)C3CCCC3)CCC21. The van der Waals surface area contributed by atoms with Crippen LogP contribution in [0.15, 0.2) is 0 Å². The van der Waals surface area contributed by atoms with E-state index in [0.29, 0.717) is 11.7 Å². The Morgan fingerprint density at radius 2 is 1.84 bits per heavy atom. The number of ketones is 1. The molecule has 0 aromatic carbocycles. The molecule has 1 saturated carbocycles. The number of Topliss-reactive ketones (excluding diaryl/α,β-unsaturated/α-hetero) is 1. The predicted molar refractivity (Wildman–Crippen MR) is 77.2 cm³/mol. The highest BCUT2D eigenvalue weighted by Crippen LogP contribution is 2.30. The smallest absolute Gasteiger partial charge is 0.149 e. The topological polar surface area (TPSA) is 23.6 Å². The molecule has 2 unspecified atom stereocenters. The van der Waals surface area contributed by atoms with Crippen molar-refractivity contribution in [3.8, 4) is 0 Å². The Morgan fingerprint density at radius 3 is 2.63 bits per heavy atom. The normalized spacial score (nSPS) is 34.4. The summed E-state index contributed by atoms with van der Waals surface area (Å²) in [5, 5.41) is 0. The van der Waals surface area contributed by atoms with E-state index >= 15 is 0 Å². The van der Waals surface area contributed by atoms with Crippen LogP contribution in [0.4, 0.5) is 0 Å². The highest BCUT2D eigenvalue weighted by atomic mass is 16.1. The van der Waals surface area contributed by atoms with Gasteiger partial charge >= 0.3 is 0 Å². The van der Waals surface area contributed by atoms with Gasteiger partial charge in [0.2, 0.25) is 0 Å². The average Bonchev–Trinajstić information content (AvgIpc) is 2.93. The van der Waals surface area contributed by atoms with E-state index in [1.54, 1.807) is 0 Å². The lowest BCUT2D eigenvalue weighted by atomic mass is 9.84. The van der Waals surface area contributed by atoms with Crippen molar-refractivity contribution in [3.05, 3.63) is 0 Å². The molecule has 1 aliphatic carbocycles. The Labute approximate surface area is 117 Å². The number of rotatable bonds is 3. The van der Waals surface area contributed by atoms with Crippen LogP contribution in [-0.2, 0) is 4.79 Å². The van der Waals surface area contributed by atoms with E-state index < -0.39 is 0 Å². The van der Waals surface area contributed by atoms with E-state index in [9.17, 15) is 4.79 Å². The van der Waals surface area contributed by atoms with Crippen molar-refractivity contribution in [2.75, 3.05) is 33.2 Å². The van der Waals surface area contributed by atoms with E-state index in [1.165, 1.54) is 38.6 Å². The first-order valence-electron chi connectivity index (χ1n) is 8.19. The summed E-state index contributed by atoms with van der Waals surface area (Å²) in [5.74, 6) is 1.73. The molecule has 0 spiro atoms. The zero-order valence-electron chi connectivity index (χ0n) is 12.3. The maximum atomic E-state index is 12.3. The van der Waals surface area contributed by atoms with E-state index in [-0.39, 0.29) is 0 Å². The van der Waals surface area contributed by atoms with Crippen molar-refractivity contribution < 1.29 is 4.79 Å². The molecule has 2 saturated heterocycles. The average molecular weight is 264 g/mol. The van der Waals surface area contributed by atoms with Crippen LogP contribution in [0, 0.1) is 11.8 Å².